The summed E-state index contributed by atoms with van der Waals surface area (Å²) in [7, 11) is 0. The fourth-order valence-corrected chi connectivity index (χ4v) is 4.32. The van der Waals surface area contributed by atoms with Gasteiger partial charge in [-0.05, 0) is 50.0 Å². The molecule has 0 saturated heterocycles. The summed E-state index contributed by atoms with van der Waals surface area (Å²) in [5, 5.41) is 29.9. The Bertz CT molecular complexity index is 553. The van der Waals surface area contributed by atoms with Gasteiger partial charge < -0.3 is 20.1 Å². The van der Waals surface area contributed by atoms with E-state index >= 15 is 0 Å². The zero-order valence-corrected chi connectivity index (χ0v) is 17.0. The summed E-state index contributed by atoms with van der Waals surface area (Å²) in [6.07, 6.45) is 6.97. The van der Waals surface area contributed by atoms with E-state index in [2.05, 4.69) is 13.0 Å². The number of hydrogen-bond donors (Lipinski definition) is 3. The van der Waals surface area contributed by atoms with E-state index in [-0.39, 0.29) is 29.8 Å². The van der Waals surface area contributed by atoms with Crippen molar-refractivity contribution in [3.63, 3.8) is 0 Å². The molecule has 0 heterocycles. The van der Waals surface area contributed by atoms with Crippen LogP contribution < -0.4 is 0 Å². The molecule has 3 unspecified atom stereocenters. The molecular formula is C22H36O5. The average molecular weight is 381 g/mol. The van der Waals surface area contributed by atoms with Gasteiger partial charge in [0, 0.05) is 12.3 Å². The zero-order valence-electron chi connectivity index (χ0n) is 17.0. The van der Waals surface area contributed by atoms with E-state index in [0.717, 1.165) is 18.4 Å². The number of fused-ring (bicyclic) bond motifs is 1. The summed E-state index contributed by atoms with van der Waals surface area (Å²) in [4.78, 5) is 12.4. The van der Waals surface area contributed by atoms with Gasteiger partial charge in [0.15, 0.2) is 0 Å². The SMILES string of the molecule is CC[C@H](C)C(=O)OC1C[C@H](O)C=C2C=C[C@H](C)[C@H](CCC(O)CC(C)O)[C@H]21. The van der Waals surface area contributed by atoms with Crippen molar-refractivity contribution in [2.45, 2.75) is 84.2 Å². The van der Waals surface area contributed by atoms with Gasteiger partial charge >= 0.3 is 5.97 Å². The van der Waals surface area contributed by atoms with Gasteiger partial charge in [0.2, 0.25) is 0 Å². The molecule has 2 aliphatic rings. The fourth-order valence-electron chi connectivity index (χ4n) is 4.32. The van der Waals surface area contributed by atoms with Crippen LogP contribution in [0.5, 0.6) is 0 Å². The van der Waals surface area contributed by atoms with Gasteiger partial charge in [0.25, 0.3) is 0 Å². The van der Waals surface area contributed by atoms with Crippen molar-refractivity contribution in [3.05, 3.63) is 23.8 Å². The molecule has 5 nitrogen and oxygen atoms in total. The molecule has 0 aliphatic heterocycles. The maximum Gasteiger partial charge on any atom is 0.308 e. The van der Waals surface area contributed by atoms with Crippen LogP contribution >= 0.6 is 0 Å². The number of rotatable bonds is 8. The Morgan fingerprint density at radius 1 is 1.33 bits per heavy atom. The van der Waals surface area contributed by atoms with Crippen molar-refractivity contribution in [2.24, 2.45) is 23.7 Å². The van der Waals surface area contributed by atoms with Gasteiger partial charge in [-0.2, -0.15) is 0 Å². The van der Waals surface area contributed by atoms with Crippen LogP contribution in [0.4, 0.5) is 0 Å². The summed E-state index contributed by atoms with van der Waals surface area (Å²) in [6, 6.07) is 0. The van der Waals surface area contributed by atoms with Crippen LogP contribution in [-0.4, -0.2) is 45.7 Å². The zero-order chi connectivity index (χ0) is 20.1. The van der Waals surface area contributed by atoms with Crippen molar-refractivity contribution in [3.8, 4) is 0 Å². The van der Waals surface area contributed by atoms with Gasteiger partial charge in [0.1, 0.15) is 6.10 Å². The Hall–Kier alpha value is -1.17. The quantitative estimate of drug-likeness (QED) is 0.564. The van der Waals surface area contributed by atoms with Crippen molar-refractivity contribution in [2.75, 3.05) is 0 Å². The van der Waals surface area contributed by atoms with E-state index in [1.54, 1.807) is 6.92 Å². The molecule has 5 heteroatoms. The van der Waals surface area contributed by atoms with Crippen LogP contribution in [0, 0.1) is 23.7 Å². The van der Waals surface area contributed by atoms with Crippen molar-refractivity contribution >= 4 is 5.97 Å². The van der Waals surface area contributed by atoms with E-state index in [1.807, 2.05) is 26.0 Å². The first-order chi connectivity index (χ1) is 12.7. The third-order valence-electron chi connectivity index (χ3n) is 6.10. The largest absolute Gasteiger partial charge is 0.461 e. The molecule has 2 rings (SSSR count). The summed E-state index contributed by atoms with van der Waals surface area (Å²) < 4.78 is 5.86. The third-order valence-corrected chi connectivity index (χ3v) is 6.10. The Morgan fingerprint density at radius 2 is 2.04 bits per heavy atom. The number of hydrogen-bond acceptors (Lipinski definition) is 5. The fraction of sp³-hybridized carbons (Fsp3) is 0.773. The minimum atomic E-state index is -0.606. The second-order valence-corrected chi connectivity index (χ2v) is 8.48. The normalized spacial score (nSPS) is 33.6. The lowest BCUT2D eigenvalue weighted by Gasteiger charge is -2.43. The van der Waals surface area contributed by atoms with Crippen LogP contribution in [0.1, 0.15) is 59.8 Å². The highest BCUT2D eigenvalue weighted by atomic mass is 16.5. The van der Waals surface area contributed by atoms with E-state index in [4.69, 9.17) is 4.74 Å². The number of ether oxygens (including phenoxy) is 1. The average Bonchev–Trinajstić information content (AvgIpc) is 2.59. The maximum absolute atomic E-state index is 12.4. The number of carbonyl (C=O) groups is 1. The summed E-state index contributed by atoms with van der Waals surface area (Å²) >= 11 is 0. The minimum Gasteiger partial charge on any atom is -0.461 e. The molecule has 0 saturated carbocycles. The van der Waals surface area contributed by atoms with Crippen LogP contribution in [0.2, 0.25) is 0 Å². The van der Waals surface area contributed by atoms with Gasteiger partial charge in [-0.25, -0.2) is 0 Å². The molecule has 0 bridgehead atoms. The molecule has 0 aromatic rings. The van der Waals surface area contributed by atoms with Gasteiger partial charge in [-0.15, -0.1) is 0 Å². The van der Waals surface area contributed by atoms with Gasteiger partial charge in [-0.3, -0.25) is 4.79 Å². The van der Waals surface area contributed by atoms with E-state index in [1.165, 1.54) is 0 Å². The monoisotopic (exact) mass is 380 g/mol. The predicted molar refractivity (Wildman–Crippen MR) is 105 cm³/mol. The second-order valence-electron chi connectivity index (χ2n) is 8.48. The number of aliphatic hydroxyl groups is 3. The number of allylic oxidation sites excluding steroid dienone is 2. The molecule has 2 aliphatic carbocycles. The number of esters is 1. The van der Waals surface area contributed by atoms with Crippen LogP contribution in [-0.2, 0) is 9.53 Å². The lowest BCUT2D eigenvalue weighted by atomic mass is 9.66. The molecule has 0 aromatic heterocycles. The standard InChI is InChI=1S/C22H36O5/c1-5-13(2)22(26)27-20-12-18(25)11-16-7-6-14(3)19(21(16)20)9-8-17(24)10-15(4)23/h6-7,11,13-15,17-21,23-25H,5,8-10,12H2,1-4H3/t13-,14-,15?,17?,18+,19-,20?,21-/m0/s1. The van der Waals surface area contributed by atoms with E-state index in [9.17, 15) is 20.1 Å². The number of carbonyl (C=O) groups excluding carboxylic acids is 1. The van der Waals surface area contributed by atoms with Crippen LogP contribution in [0.15, 0.2) is 23.8 Å². The Labute approximate surface area is 163 Å². The Kier molecular flexibility index (Phi) is 8.07. The first-order valence-corrected chi connectivity index (χ1v) is 10.4. The summed E-state index contributed by atoms with van der Waals surface area (Å²) in [6.45, 7) is 7.66. The smallest absolute Gasteiger partial charge is 0.308 e. The molecule has 0 aromatic carbocycles. The Balaban J connectivity index is 2.16. The van der Waals surface area contributed by atoms with Crippen molar-refractivity contribution < 1.29 is 24.9 Å². The molecular weight excluding hydrogens is 344 g/mol. The van der Waals surface area contributed by atoms with Gasteiger partial charge in [-0.1, -0.05) is 39.0 Å². The molecule has 0 spiro atoms. The minimum absolute atomic E-state index is 0.0418. The van der Waals surface area contributed by atoms with E-state index < -0.39 is 18.3 Å². The molecule has 27 heavy (non-hydrogen) atoms. The van der Waals surface area contributed by atoms with Crippen LogP contribution in [0.25, 0.3) is 0 Å². The molecule has 3 N–H and O–H groups in total. The maximum atomic E-state index is 12.4. The topological polar surface area (TPSA) is 87.0 Å². The molecule has 0 amide bonds. The highest BCUT2D eigenvalue weighted by Crippen LogP contribution is 2.44. The van der Waals surface area contributed by atoms with E-state index in [0.29, 0.717) is 25.2 Å². The third kappa shape index (κ3) is 5.90. The van der Waals surface area contributed by atoms with Crippen molar-refractivity contribution in [1.29, 1.82) is 0 Å². The Morgan fingerprint density at radius 3 is 2.67 bits per heavy atom. The highest BCUT2D eigenvalue weighted by Gasteiger charge is 2.42. The summed E-state index contributed by atoms with van der Waals surface area (Å²) in [5.74, 6) is 0.212. The molecule has 0 fully saturated rings. The molecule has 154 valence electrons. The first-order valence-electron chi connectivity index (χ1n) is 10.4. The molecule has 0 radical (unpaired) electrons. The van der Waals surface area contributed by atoms with Gasteiger partial charge in [0.05, 0.1) is 24.2 Å². The second kappa shape index (κ2) is 9.85. The predicted octanol–water partition coefficient (Wildman–Crippen LogP) is 2.99. The lowest BCUT2D eigenvalue weighted by molar-refractivity contribution is -0.159. The lowest BCUT2D eigenvalue weighted by Crippen LogP contribution is -2.43. The highest BCUT2D eigenvalue weighted by molar-refractivity contribution is 5.72. The summed E-state index contributed by atoms with van der Waals surface area (Å²) in [5.41, 5.74) is 1.03. The number of aliphatic hydroxyl groups excluding tert-OH is 3. The first kappa shape index (κ1) is 22.1. The molecule has 8 atom stereocenters. The van der Waals surface area contributed by atoms with Crippen molar-refractivity contribution in [1.82, 2.24) is 0 Å². The van der Waals surface area contributed by atoms with Crippen LogP contribution in [0.3, 0.4) is 0 Å².